The number of hydrogen-bond acceptors (Lipinski definition) is 3. The van der Waals surface area contributed by atoms with E-state index in [0.29, 0.717) is 29.5 Å². The van der Waals surface area contributed by atoms with Crippen molar-refractivity contribution in [3.8, 4) is 0 Å². The van der Waals surface area contributed by atoms with Crippen LogP contribution in [0, 0.1) is 11.8 Å². The van der Waals surface area contributed by atoms with Gasteiger partial charge < -0.3 is 15.2 Å². The summed E-state index contributed by atoms with van der Waals surface area (Å²) in [6.45, 7) is 8.44. The minimum absolute atomic E-state index is 0.164. The van der Waals surface area contributed by atoms with Gasteiger partial charge in [0.2, 0.25) is 5.56 Å². The molecule has 2 N–H and O–H groups in total. The lowest BCUT2D eigenvalue weighted by Crippen LogP contribution is -2.42. The van der Waals surface area contributed by atoms with E-state index in [1.807, 2.05) is 24.3 Å². The lowest BCUT2D eigenvalue weighted by molar-refractivity contribution is 0.0930. The van der Waals surface area contributed by atoms with Crippen molar-refractivity contribution in [2.45, 2.75) is 26.7 Å². The van der Waals surface area contributed by atoms with Crippen LogP contribution >= 0.6 is 0 Å². The molecule has 0 radical (unpaired) electrons. The van der Waals surface area contributed by atoms with E-state index >= 15 is 0 Å². The Labute approximate surface area is 148 Å². The Kier molecular flexibility index (Phi) is 5.53. The molecule has 3 rings (SSSR count). The summed E-state index contributed by atoms with van der Waals surface area (Å²) in [6.07, 6.45) is 2.33. The molecule has 1 saturated heterocycles. The number of hydrogen-bond donors (Lipinski definition) is 2. The average molecular weight is 341 g/mol. The SMILES string of the molecule is CC(C)CN1CCCC(CNC(=O)c2cc(=O)[nH]c3ccccc23)C1. The molecule has 1 aliphatic rings. The lowest BCUT2D eigenvalue weighted by Gasteiger charge is -2.33. The maximum atomic E-state index is 12.6. The molecule has 2 heterocycles. The number of benzene rings is 1. The Morgan fingerprint density at radius 2 is 2.16 bits per heavy atom. The number of amides is 1. The number of aromatic amines is 1. The second-order valence-electron chi connectivity index (χ2n) is 7.46. The van der Waals surface area contributed by atoms with Crippen LogP contribution in [0.1, 0.15) is 37.0 Å². The predicted molar refractivity (Wildman–Crippen MR) is 101 cm³/mol. The highest BCUT2D eigenvalue weighted by molar-refractivity contribution is 6.05. The third-order valence-electron chi connectivity index (χ3n) is 4.77. The fourth-order valence-corrected chi connectivity index (χ4v) is 3.72. The number of pyridine rings is 1. The number of likely N-dealkylation sites (tertiary alicyclic amines) is 1. The molecule has 5 heteroatoms. The van der Waals surface area contributed by atoms with Crippen LogP contribution < -0.4 is 10.9 Å². The fraction of sp³-hybridized carbons (Fsp3) is 0.500. The Morgan fingerprint density at radius 1 is 1.36 bits per heavy atom. The Bertz CT molecular complexity index is 797. The zero-order valence-corrected chi connectivity index (χ0v) is 15.0. The summed E-state index contributed by atoms with van der Waals surface area (Å²) in [5.74, 6) is 0.976. The molecule has 1 unspecified atom stereocenters. The topological polar surface area (TPSA) is 65.2 Å². The van der Waals surface area contributed by atoms with Gasteiger partial charge in [0.1, 0.15) is 0 Å². The third kappa shape index (κ3) is 4.48. The molecule has 0 aliphatic carbocycles. The number of piperidine rings is 1. The Morgan fingerprint density at radius 3 is 2.96 bits per heavy atom. The standard InChI is InChI=1S/C20H27N3O2/c1-14(2)12-23-9-5-6-15(13-23)11-21-20(25)17-10-19(24)22-18-8-4-3-7-16(17)18/h3-4,7-8,10,14-15H,5-6,9,11-13H2,1-2H3,(H,21,25)(H,22,24). The van der Waals surface area contributed by atoms with Gasteiger partial charge >= 0.3 is 0 Å². The third-order valence-corrected chi connectivity index (χ3v) is 4.77. The molecule has 1 aromatic heterocycles. The maximum Gasteiger partial charge on any atom is 0.252 e. The summed E-state index contributed by atoms with van der Waals surface area (Å²) in [5, 5.41) is 3.83. The number of nitrogens with one attached hydrogen (secondary N) is 2. The molecule has 0 bridgehead atoms. The van der Waals surface area contributed by atoms with Gasteiger partial charge in [-0.1, -0.05) is 32.0 Å². The second-order valence-corrected chi connectivity index (χ2v) is 7.46. The molecule has 1 amide bonds. The average Bonchev–Trinajstić information content (AvgIpc) is 2.58. The zero-order chi connectivity index (χ0) is 17.8. The first-order chi connectivity index (χ1) is 12.0. The summed E-state index contributed by atoms with van der Waals surface area (Å²) >= 11 is 0. The van der Waals surface area contributed by atoms with E-state index in [2.05, 4.69) is 29.0 Å². The predicted octanol–water partition coefficient (Wildman–Crippen LogP) is 2.63. The number of rotatable bonds is 5. The first kappa shape index (κ1) is 17.7. The second kappa shape index (κ2) is 7.83. The maximum absolute atomic E-state index is 12.6. The summed E-state index contributed by atoms with van der Waals surface area (Å²) in [6, 6.07) is 8.81. The van der Waals surface area contributed by atoms with Crippen LogP contribution in [0.25, 0.3) is 10.9 Å². The molecule has 2 aromatic rings. The molecule has 0 saturated carbocycles. The van der Waals surface area contributed by atoms with Gasteiger partial charge in [-0.05, 0) is 37.3 Å². The molecule has 1 atom stereocenters. The number of nitrogens with zero attached hydrogens (tertiary/aromatic N) is 1. The number of fused-ring (bicyclic) bond motifs is 1. The fourth-order valence-electron chi connectivity index (χ4n) is 3.72. The van der Waals surface area contributed by atoms with E-state index in [9.17, 15) is 9.59 Å². The van der Waals surface area contributed by atoms with Crippen molar-refractivity contribution >= 4 is 16.8 Å². The van der Waals surface area contributed by atoms with E-state index in [0.717, 1.165) is 31.4 Å². The van der Waals surface area contributed by atoms with Crippen molar-refractivity contribution in [1.29, 1.82) is 0 Å². The molecule has 134 valence electrons. The number of para-hydroxylation sites is 1. The van der Waals surface area contributed by atoms with Crippen LogP contribution in [0.15, 0.2) is 35.1 Å². The van der Waals surface area contributed by atoms with E-state index in [1.54, 1.807) is 0 Å². The van der Waals surface area contributed by atoms with Crippen LogP contribution in [-0.4, -0.2) is 42.0 Å². The van der Waals surface area contributed by atoms with Gasteiger partial charge in [-0.2, -0.15) is 0 Å². The molecule has 25 heavy (non-hydrogen) atoms. The van der Waals surface area contributed by atoms with Crippen molar-refractivity contribution < 1.29 is 4.79 Å². The first-order valence-electron chi connectivity index (χ1n) is 9.15. The normalized spacial score (nSPS) is 18.6. The molecular weight excluding hydrogens is 314 g/mol. The highest BCUT2D eigenvalue weighted by Gasteiger charge is 2.21. The lowest BCUT2D eigenvalue weighted by atomic mass is 9.97. The summed E-state index contributed by atoms with van der Waals surface area (Å²) in [5.41, 5.74) is 0.903. The van der Waals surface area contributed by atoms with Crippen LogP contribution in [0.5, 0.6) is 0 Å². The highest BCUT2D eigenvalue weighted by Crippen LogP contribution is 2.18. The van der Waals surface area contributed by atoms with Gasteiger partial charge in [-0.15, -0.1) is 0 Å². The minimum atomic E-state index is -0.246. The molecule has 1 fully saturated rings. The largest absolute Gasteiger partial charge is 0.352 e. The van der Waals surface area contributed by atoms with E-state index in [4.69, 9.17) is 0 Å². The molecule has 5 nitrogen and oxygen atoms in total. The van der Waals surface area contributed by atoms with E-state index < -0.39 is 0 Å². The number of carbonyl (C=O) groups excluding carboxylic acids is 1. The van der Waals surface area contributed by atoms with Crippen LogP contribution in [0.4, 0.5) is 0 Å². The van der Waals surface area contributed by atoms with Crippen molar-refractivity contribution in [3.05, 3.63) is 46.2 Å². The van der Waals surface area contributed by atoms with Crippen molar-refractivity contribution in [3.63, 3.8) is 0 Å². The monoisotopic (exact) mass is 341 g/mol. The number of carbonyl (C=O) groups is 1. The summed E-state index contributed by atoms with van der Waals surface area (Å²) in [7, 11) is 0. The van der Waals surface area contributed by atoms with E-state index in [-0.39, 0.29) is 11.5 Å². The molecular formula is C20H27N3O2. The Hall–Kier alpha value is -2.14. The van der Waals surface area contributed by atoms with Crippen molar-refractivity contribution in [2.24, 2.45) is 11.8 Å². The van der Waals surface area contributed by atoms with Gasteiger partial charge in [-0.25, -0.2) is 0 Å². The zero-order valence-electron chi connectivity index (χ0n) is 15.0. The number of H-pyrrole nitrogens is 1. The Balaban J connectivity index is 1.66. The van der Waals surface area contributed by atoms with Crippen molar-refractivity contribution in [2.75, 3.05) is 26.2 Å². The smallest absolute Gasteiger partial charge is 0.252 e. The quantitative estimate of drug-likeness (QED) is 0.879. The van der Waals surface area contributed by atoms with Crippen molar-refractivity contribution in [1.82, 2.24) is 15.2 Å². The first-order valence-corrected chi connectivity index (χ1v) is 9.15. The molecule has 1 aliphatic heterocycles. The van der Waals surface area contributed by atoms with Gasteiger partial charge in [0.25, 0.3) is 5.91 Å². The molecule has 1 aromatic carbocycles. The summed E-state index contributed by atoms with van der Waals surface area (Å²) in [4.78, 5) is 29.7. The van der Waals surface area contributed by atoms with E-state index in [1.165, 1.54) is 12.5 Å². The molecule has 0 spiro atoms. The van der Waals surface area contributed by atoms with Crippen LogP contribution in [-0.2, 0) is 0 Å². The minimum Gasteiger partial charge on any atom is -0.352 e. The highest BCUT2D eigenvalue weighted by atomic mass is 16.2. The summed E-state index contributed by atoms with van der Waals surface area (Å²) < 4.78 is 0. The van der Waals surface area contributed by atoms with Gasteiger partial charge in [0, 0.05) is 36.6 Å². The van der Waals surface area contributed by atoms with Gasteiger partial charge in [-0.3, -0.25) is 9.59 Å². The number of aromatic nitrogens is 1. The van der Waals surface area contributed by atoms with Gasteiger partial charge in [0.15, 0.2) is 0 Å². The van der Waals surface area contributed by atoms with Crippen LogP contribution in [0.2, 0.25) is 0 Å². The van der Waals surface area contributed by atoms with Crippen LogP contribution in [0.3, 0.4) is 0 Å². The van der Waals surface area contributed by atoms with Gasteiger partial charge in [0.05, 0.1) is 5.56 Å².